The highest BCUT2D eigenvalue weighted by molar-refractivity contribution is 4.98. The molecule has 3 fully saturated rings. The van der Waals surface area contributed by atoms with E-state index in [0.717, 1.165) is 6.26 Å². The molecule has 0 aromatic heterocycles. The van der Waals surface area contributed by atoms with Crippen LogP contribution in [0.2, 0.25) is 0 Å². The Morgan fingerprint density at radius 2 is 1.20 bits per heavy atom. The van der Waals surface area contributed by atoms with E-state index < -0.39 is 92.1 Å². The molecule has 268 valence electrons. The first-order chi connectivity index (χ1) is 22.0. The Balaban J connectivity index is 1.90. The zero-order valence-corrected chi connectivity index (χ0v) is 26.3. The minimum atomic E-state index is -1.73. The molecule has 0 aromatic carbocycles. The molecule has 18 nitrogen and oxygen atoms in total. The molecule has 0 aliphatic carbocycles. The second-order valence-electron chi connectivity index (χ2n) is 10.9. The van der Waals surface area contributed by atoms with Crippen LogP contribution >= 0.6 is 0 Å². The zero-order valence-electron chi connectivity index (χ0n) is 26.3. The summed E-state index contributed by atoms with van der Waals surface area (Å²) >= 11 is 0. The van der Waals surface area contributed by atoms with Gasteiger partial charge in [0.2, 0.25) is 0 Å². The van der Waals surface area contributed by atoms with Crippen LogP contribution in [0.3, 0.4) is 0 Å². The van der Waals surface area contributed by atoms with Gasteiger partial charge in [-0.05, 0) is 13.0 Å². The average molecular weight is 673 g/mol. The molecule has 3 heterocycles. The van der Waals surface area contributed by atoms with Crippen molar-refractivity contribution in [2.24, 2.45) is 0 Å². The standard InChI is InChI=1S/C28H48O18/c1-13(29)9-40-12-14-17(30)18(31)24(39-5)27(43-14)46-23-16(11-38-4)44-28(25(21(23)34)41-8-6-7-36-2)45-22-15(10-37-3)42-26(35)20(33)19(22)32/h6,8-9,14-35H,7,10-12H2,1-5H3/b8-6+,13-9+/t14-,15-,16?,17+,18?,19?,20?,21-,22+,23+,24?,25?,26+,27-,28-/m0/s1. The lowest BCUT2D eigenvalue weighted by atomic mass is 9.96. The van der Waals surface area contributed by atoms with Gasteiger partial charge in [-0.2, -0.15) is 0 Å². The second-order valence-corrected chi connectivity index (χ2v) is 10.9. The van der Waals surface area contributed by atoms with Crippen molar-refractivity contribution < 1.29 is 87.9 Å². The van der Waals surface area contributed by atoms with E-state index in [1.807, 2.05) is 0 Å². The Kier molecular flexibility index (Phi) is 15.8. The number of ether oxygens (including phenoxy) is 11. The lowest BCUT2D eigenvalue weighted by molar-refractivity contribution is -0.379. The summed E-state index contributed by atoms with van der Waals surface area (Å²) in [5.74, 6) is -0.132. The largest absolute Gasteiger partial charge is 0.509 e. The number of aliphatic hydroxyl groups excluding tert-OH is 7. The van der Waals surface area contributed by atoms with Gasteiger partial charge >= 0.3 is 0 Å². The first-order valence-corrected chi connectivity index (χ1v) is 14.6. The molecule has 6 unspecified atom stereocenters. The highest BCUT2D eigenvalue weighted by Crippen LogP contribution is 2.34. The number of methoxy groups -OCH3 is 4. The summed E-state index contributed by atoms with van der Waals surface area (Å²) in [6.45, 7) is 0.959. The van der Waals surface area contributed by atoms with Crippen molar-refractivity contribution in [3.63, 3.8) is 0 Å². The van der Waals surface area contributed by atoms with Crippen LogP contribution in [0.15, 0.2) is 24.4 Å². The molecule has 3 saturated heterocycles. The molecule has 3 aliphatic rings. The molecule has 0 radical (unpaired) electrons. The summed E-state index contributed by atoms with van der Waals surface area (Å²) in [5, 5.41) is 73.6. The minimum Gasteiger partial charge on any atom is -0.509 e. The van der Waals surface area contributed by atoms with Crippen LogP contribution in [-0.2, 0) is 52.1 Å². The molecule has 3 aliphatic heterocycles. The van der Waals surface area contributed by atoms with Crippen LogP contribution in [0.1, 0.15) is 6.92 Å². The third-order valence-electron chi connectivity index (χ3n) is 7.55. The van der Waals surface area contributed by atoms with Gasteiger partial charge in [0.05, 0.1) is 26.1 Å². The molecular weight excluding hydrogens is 624 g/mol. The van der Waals surface area contributed by atoms with Gasteiger partial charge in [0.25, 0.3) is 0 Å². The Labute approximate surface area is 266 Å². The van der Waals surface area contributed by atoms with E-state index in [0.29, 0.717) is 0 Å². The van der Waals surface area contributed by atoms with Crippen molar-refractivity contribution >= 4 is 0 Å². The summed E-state index contributed by atoms with van der Waals surface area (Å²) in [5.41, 5.74) is 0. The van der Waals surface area contributed by atoms with Crippen molar-refractivity contribution in [3.8, 4) is 0 Å². The minimum absolute atomic E-state index is 0.132. The predicted octanol–water partition coefficient (Wildman–Crippen LogP) is -2.98. The van der Waals surface area contributed by atoms with E-state index in [4.69, 9.17) is 52.1 Å². The van der Waals surface area contributed by atoms with Crippen molar-refractivity contribution in [3.05, 3.63) is 24.4 Å². The molecule has 0 aromatic rings. The summed E-state index contributed by atoms with van der Waals surface area (Å²) in [4.78, 5) is 0. The van der Waals surface area contributed by atoms with Crippen molar-refractivity contribution in [2.45, 2.75) is 99.0 Å². The van der Waals surface area contributed by atoms with E-state index in [-0.39, 0.29) is 32.2 Å². The molecule has 7 N–H and O–H groups in total. The Hall–Kier alpha value is -1.72. The Morgan fingerprint density at radius 3 is 1.78 bits per heavy atom. The maximum Gasteiger partial charge on any atom is 0.198 e. The van der Waals surface area contributed by atoms with E-state index >= 15 is 0 Å². The van der Waals surface area contributed by atoms with Crippen LogP contribution in [0.4, 0.5) is 0 Å². The van der Waals surface area contributed by atoms with Crippen LogP contribution < -0.4 is 0 Å². The zero-order chi connectivity index (χ0) is 34.0. The van der Waals surface area contributed by atoms with E-state index in [1.54, 1.807) is 0 Å². The monoisotopic (exact) mass is 672 g/mol. The third kappa shape index (κ3) is 9.68. The van der Waals surface area contributed by atoms with Gasteiger partial charge in [-0.25, -0.2) is 0 Å². The van der Waals surface area contributed by atoms with Gasteiger partial charge in [-0.15, -0.1) is 0 Å². The fraction of sp³-hybridized carbons (Fsp3) is 0.857. The second kappa shape index (κ2) is 18.7. The SMILES string of the molecule is COC/C=C/OC1[C@H](O[C@H]2C(O)C(O)[C@H](O)O[C@H]2COC)OC(COC)[C@@H](O[C@@H]2O[C@@H](CO/C=C(\C)O)[C@@H](O)C(O)C2OC)[C@@H]1O. The molecule has 0 bridgehead atoms. The molecule has 0 amide bonds. The molecule has 0 saturated carbocycles. The maximum absolute atomic E-state index is 11.7. The number of hydrogen-bond donors (Lipinski definition) is 7. The number of allylic oxidation sites excluding steroid dienone is 1. The van der Waals surface area contributed by atoms with E-state index in [2.05, 4.69) is 0 Å². The number of aliphatic hydroxyl groups is 7. The Bertz CT molecular complexity index is 934. The van der Waals surface area contributed by atoms with E-state index in [1.165, 1.54) is 47.7 Å². The fourth-order valence-corrected chi connectivity index (χ4v) is 5.26. The van der Waals surface area contributed by atoms with Gasteiger partial charge < -0.3 is 87.9 Å². The molecular formula is C28H48O18. The van der Waals surface area contributed by atoms with Crippen molar-refractivity contribution in [1.29, 1.82) is 0 Å². The lowest BCUT2D eigenvalue weighted by Gasteiger charge is -2.49. The quantitative estimate of drug-likeness (QED) is 0.0809. The summed E-state index contributed by atoms with van der Waals surface area (Å²) in [6, 6.07) is 0. The first-order valence-electron chi connectivity index (χ1n) is 14.6. The van der Waals surface area contributed by atoms with Crippen LogP contribution in [0, 0.1) is 0 Å². The van der Waals surface area contributed by atoms with Gasteiger partial charge in [0, 0.05) is 28.4 Å². The molecule has 3 rings (SSSR count). The highest BCUT2D eigenvalue weighted by atomic mass is 16.8. The summed E-state index contributed by atoms with van der Waals surface area (Å²) in [7, 11) is 5.48. The van der Waals surface area contributed by atoms with Crippen LogP contribution in [0.25, 0.3) is 0 Å². The van der Waals surface area contributed by atoms with E-state index in [9.17, 15) is 35.7 Å². The van der Waals surface area contributed by atoms with Gasteiger partial charge in [-0.1, -0.05) is 0 Å². The maximum atomic E-state index is 11.7. The van der Waals surface area contributed by atoms with Crippen molar-refractivity contribution in [1.82, 2.24) is 0 Å². The normalized spacial score (nSPS) is 42.3. The smallest absolute Gasteiger partial charge is 0.198 e. The Morgan fingerprint density at radius 1 is 0.630 bits per heavy atom. The van der Waals surface area contributed by atoms with Gasteiger partial charge in [0.15, 0.2) is 25.0 Å². The van der Waals surface area contributed by atoms with Gasteiger partial charge in [0.1, 0.15) is 85.8 Å². The topological polar surface area (TPSA) is 243 Å². The number of hydrogen-bond acceptors (Lipinski definition) is 18. The van der Waals surface area contributed by atoms with Crippen LogP contribution in [-0.4, -0.2) is 183 Å². The molecule has 0 spiro atoms. The molecule has 18 heteroatoms. The predicted molar refractivity (Wildman–Crippen MR) is 151 cm³/mol. The highest BCUT2D eigenvalue weighted by Gasteiger charge is 2.54. The average Bonchev–Trinajstić information content (AvgIpc) is 3.01. The first kappa shape index (κ1) is 38.7. The van der Waals surface area contributed by atoms with Crippen LogP contribution in [0.5, 0.6) is 0 Å². The molecule has 46 heavy (non-hydrogen) atoms. The summed E-state index contributed by atoms with van der Waals surface area (Å²) in [6.07, 6.45) is -17.2. The molecule has 15 atom stereocenters. The van der Waals surface area contributed by atoms with Gasteiger partial charge in [-0.3, -0.25) is 0 Å². The fourth-order valence-electron chi connectivity index (χ4n) is 5.26. The third-order valence-corrected chi connectivity index (χ3v) is 7.55. The van der Waals surface area contributed by atoms with Crippen molar-refractivity contribution in [2.75, 3.05) is 54.9 Å². The number of rotatable bonds is 16. The lowest BCUT2D eigenvalue weighted by Crippen LogP contribution is -2.67. The summed E-state index contributed by atoms with van der Waals surface area (Å²) < 4.78 is 61.5.